The van der Waals surface area contributed by atoms with E-state index < -0.39 is 18.3 Å². The van der Waals surface area contributed by atoms with Gasteiger partial charge in [-0.05, 0) is 36.6 Å². The molecule has 0 aliphatic carbocycles. The molecule has 2 aromatic carbocycles. The van der Waals surface area contributed by atoms with Gasteiger partial charge >= 0.3 is 12.4 Å². The van der Waals surface area contributed by atoms with Gasteiger partial charge in [0.15, 0.2) is 11.9 Å². The summed E-state index contributed by atoms with van der Waals surface area (Å²) in [6.45, 7) is 1.63. The van der Waals surface area contributed by atoms with Crippen LogP contribution in [0, 0.1) is 0 Å². The zero-order valence-electron chi connectivity index (χ0n) is 16.1. The molecule has 5 nitrogen and oxygen atoms in total. The van der Waals surface area contributed by atoms with Crippen LogP contribution in [0.15, 0.2) is 64.6 Å². The molecular formula is C21H20F4N2O3. The molecule has 30 heavy (non-hydrogen) atoms. The highest BCUT2D eigenvalue weighted by Gasteiger charge is 2.37. The van der Waals surface area contributed by atoms with Gasteiger partial charge in [-0.3, -0.25) is 0 Å². The number of amidine groups is 1. The van der Waals surface area contributed by atoms with E-state index in [0.29, 0.717) is 12.0 Å². The smallest absolute Gasteiger partial charge is 0.459 e. The lowest BCUT2D eigenvalue weighted by atomic mass is 10.1. The molecule has 1 aliphatic heterocycles. The van der Waals surface area contributed by atoms with Gasteiger partial charge in [0.25, 0.3) is 0 Å². The molecule has 160 valence electrons. The maximum atomic E-state index is 14.6. The SMILES string of the molecule is CC1(F)C=NC(OCc2ccccc2)=NC1OCCc1ccc(OC(F)(F)F)cc1. The van der Waals surface area contributed by atoms with Crippen molar-refractivity contribution in [1.29, 1.82) is 0 Å². The third kappa shape index (κ3) is 6.55. The minimum absolute atomic E-state index is 0.0210. The molecule has 0 spiro atoms. The van der Waals surface area contributed by atoms with Gasteiger partial charge in [0, 0.05) is 0 Å². The molecule has 0 aromatic heterocycles. The summed E-state index contributed by atoms with van der Waals surface area (Å²) in [5.41, 5.74) is -0.289. The lowest BCUT2D eigenvalue weighted by Gasteiger charge is -2.27. The number of alkyl halides is 4. The van der Waals surface area contributed by atoms with Crippen LogP contribution in [-0.4, -0.2) is 37.1 Å². The van der Waals surface area contributed by atoms with Crippen LogP contribution in [0.3, 0.4) is 0 Å². The van der Waals surface area contributed by atoms with Crippen LogP contribution in [0.4, 0.5) is 17.6 Å². The fourth-order valence-electron chi connectivity index (χ4n) is 2.65. The van der Waals surface area contributed by atoms with E-state index in [1.807, 2.05) is 30.3 Å². The van der Waals surface area contributed by atoms with Gasteiger partial charge in [0.1, 0.15) is 12.4 Å². The summed E-state index contributed by atoms with van der Waals surface area (Å²) < 4.78 is 66.1. The highest BCUT2D eigenvalue weighted by atomic mass is 19.4. The summed E-state index contributed by atoms with van der Waals surface area (Å²) in [7, 11) is 0. The Balaban J connectivity index is 1.52. The molecule has 0 N–H and O–H groups in total. The summed E-state index contributed by atoms with van der Waals surface area (Å²) in [6, 6.07) is 14.8. The third-order valence-corrected chi connectivity index (χ3v) is 4.17. The fourth-order valence-corrected chi connectivity index (χ4v) is 2.65. The number of hydrogen-bond acceptors (Lipinski definition) is 5. The van der Waals surface area contributed by atoms with Crippen LogP contribution in [0.5, 0.6) is 5.75 Å². The molecule has 0 saturated carbocycles. The Bertz CT molecular complexity index is 881. The van der Waals surface area contributed by atoms with Crippen LogP contribution < -0.4 is 4.74 Å². The lowest BCUT2D eigenvalue weighted by Crippen LogP contribution is -2.41. The van der Waals surface area contributed by atoms with Crippen molar-refractivity contribution in [2.24, 2.45) is 9.98 Å². The Kier molecular flexibility index (Phi) is 6.71. The topological polar surface area (TPSA) is 52.4 Å². The Labute approximate surface area is 171 Å². The second kappa shape index (κ2) is 9.25. The van der Waals surface area contributed by atoms with Crippen molar-refractivity contribution < 1.29 is 31.8 Å². The zero-order chi connectivity index (χ0) is 21.6. The highest BCUT2D eigenvalue weighted by molar-refractivity contribution is 5.89. The largest absolute Gasteiger partial charge is 0.573 e. The maximum absolute atomic E-state index is 14.6. The quantitative estimate of drug-likeness (QED) is 0.597. The molecule has 2 atom stereocenters. The molecular weight excluding hydrogens is 404 g/mol. The van der Waals surface area contributed by atoms with Gasteiger partial charge in [-0.25, -0.2) is 9.38 Å². The van der Waals surface area contributed by atoms with Crippen molar-refractivity contribution in [1.82, 2.24) is 0 Å². The van der Waals surface area contributed by atoms with Crippen LogP contribution in [0.25, 0.3) is 0 Å². The summed E-state index contributed by atoms with van der Waals surface area (Å²) in [4.78, 5) is 7.98. The summed E-state index contributed by atoms with van der Waals surface area (Å²) in [5.74, 6) is -0.309. The molecule has 9 heteroatoms. The van der Waals surface area contributed by atoms with Gasteiger partial charge < -0.3 is 14.2 Å². The zero-order valence-corrected chi connectivity index (χ0v) is 16.1. The lowest BCUT2D eigenvalue weighted by molar-refractivity contribution is -0.274. The summed E-state index contributed by atoms with van der Waals surface area (Å²) >= 11 is 0. The van der Waals surface area contributed by atoms with Crippen molar-refractivity contribution >= 4 is 12.2 Å². The van der Waals surface area contributed by atoms with Crippen molar-refractivity contribution in [3.05, 3.63) is 65.7 Å². The number of nitrogens with zero attached hydrogens (tertiary/aromatic N) is 2. The van der Waals surface area contributed by atoms with E-state index in [0.717, 1.165) is 11.8 Å². The van der Waals surface area contributed by atoms with Crippen LogP contribution in [0.2, 0.25) is 0 Å². The first-order valence-electron chi connectivity index (χ1n) is 9.16. The van der Waals surface area contributed by atoms with Gasteiger partial charge in [-0.15, -0.1) is 13.2 Å². The highest BCUT2D eigenvalue weighted by Crippen LogP contribution is 2.24. The average Bonchev–Trinajstić information content (AvgIpc) is 2.69. The number of hydrogen-bond donors (Lipinski definition) is 0. The second-order valence-electron chi connectivity index (χ2n) is 6.76. The molecule has 0 amide bonds. The summed E-state index contributed by atoms with van der Waals surface area (Å²) in [5, 5.41) is 0. The monoisotopic (exact) mass is 424 g/mol. The van der Waals surface area contributed by atoms with Crippen LogP contribution in [-0.2, 0) is 22.5 Å². The van der Waals surface area contributed by atoms with E-state index in [1.54, 1.807) is 0 Å². The van der Waals surface area contributed by atoms with E-state index in [-0.39, 0.29) is 25.0 Å². The molecule has 2 aromatic rings. The minimum atomic E-state index is -4.74. The standard InChI is InChI=1S/C21H20F4N2O3/c1-20(22)14-26-19(29-13-16-5-3-2-4-6-16)27-18(20)28-12-11-15-7-9-17(10-8-15)30-21(23,24)25/h2-10,14,18H,11-13H2,1H3. The predicted molar refractivity (Wildman–Crippen MR) is 103 cm³/mol. The van der Waals surface area contributed by atoms with Crippen molar-refractivity contribution in [2.45, 2.75) is 38.2 Å². The van der Waals surface area contributed by atoms with Crippen molar-refractivity contribution in [2.75, 3.05) is 6.61 Å². The van der Waals surface area contributed by atoms with Crippen LogP contribution >= 0.6 is 0 Å². The molecule has 0 bridgehead atoms. The molecule has 2 unspecified atom stereocenters. The van der Waals surface area contributed by atoms with Gasteiger partial charge in [-0.1, -0.05) is 42.5 Å². The Morgan fingerprint density at radius 3 is 2.37 bits per heavy atom. The minimum Gasteiger partial charge on any atom is -0.459 e. The van der Waals surface area contributed by atoms with Gasteiger partial charge in [0.2, 0.25) is 0 Å². The third-order valence-electron chi connectivity index (χ3n) is 4.17. The first-order valence-corrected chi connectivity index (χ1v) is 9.16. The normalized spacial score (nSPS) is 21.2. The molecule has 1 heterocycles. The van der Waals surface area contributed by atoms with Gasteiger partial charge in [0.05, 0.1) is 12.8 Å². The first-order chi connectivity index (χ1) is 14.2. The predicted octanol–water partition coefficient (Wildman–Crippen LogP) is 4.86. The number of aliphatic imine (C=N–C) groups is 2. The van der Waals surface area contributed by atoms with E-state index >= 15 is 0 Å². The van der Waals surface area contributed by atoms with Crippen molar-refractivity contribution in [3.63, 3.8) is 0 Å². The van der Waals surface area contributed by atoms with Crippen LogP contribution in [0.1, 0.15) is 18.1 Å². The number of benzene rings is 2. The average molecular weight is 424 g/mol. The Hall–Kier alpha value is -2.94. The maximum Gasteiger partial charge on any atom is 0.573 e. The van der Waals surface area contributed by atoms with Gasteiger partial charge in [-0.2, -0.15) is 4.99 Å². The second-order valence-corrected chi connectivity index (χ2v) is 6.76. The fraction of sp³-hybridized carbons (Fsp3) is 0.333. The van der Waals surface area contributed by atoms with E-state index in [1.165, 1.54) is 31.2 Å². The van der Waals surface area contributed by atoms with E-state index in [2.05, 4.69) is 14.7 Å². The first kappa shape index (κ1) is 21.8. The molecule has 0 saturated heterocycles. The Morgan fingerprint density at radius 1 is 1.00 bits per heavy atom. The summed E-state index contributed by atoms with van der Waals surface area (Å²) in [6.07, 6.45) is -4.44. The van der Waals surface area contributed by atoms with Crippen molar-refractivity contribution in [3.8, 4) is 5.75 Å². The molecule has 1 aliphatic rings. The van der Waals surface area contributed by atoms with E-state index in [9.17, 15) is 17.6 Å². The number of ether oxygens (including phenoxy) is 3. The molecule has 0 radical (unpaired) electrons. The van der Waals surface area contributed by atoms with E-state index in [4.69, 9.17) is 9.47 Å². The number of halogens is 4. The Morgan fingerprint density at radius 2 is 1.70 bits per heavy atom. The molecule has 3 rings (SSSR count). The molecule has 0 fully saturated rings. The number of rotatable bonds is 7.